The Morgan fingerprint density at radius 2 is 1.91 bits per heavy atom. The molecule has 0 fully saturated rings. The second-order valence-electron chi connectivity index (χ2n) is 5.20. The first-order valence-corrected chi connectivity index (χ1v) is 8.81. The molecule has 0 atom stereocenters. The van der Waals surface area contributed by atoms with Crippen molar-refractivity contribution in [3.63, 3.8) is 0 Å². The molecular formula is C18H20ClNOS. The lowest BCUT2D eigenvalue weighted by molar-refractivity contribution is -0.120. The van der Waals surface area contributed by atoms with Gasteiger partial charge in [0.1, 0.15) is 0 Å². The average molecular weight is 334 g/mol. The molecule has 0 saturated carbocycles. The highest BCUT2D eigenvalue weighted by molar-refractivity contribution is 7.98. The highest BCUT2D eigenvalue weighted by Gasteiger charge is 2.03. The zero-order valence-corrected chi connectivity index (χ0v) is 14.2. The second-order valence-corrected chi connectivity index (χ2v) is 6.74. The van der Waals surface area contributed by atoms with E-state index in [1.807, 2.05) is 36.0 Å². The highest BCUT2D eigenvalue weighted by Crippen LogP contribution is 2.13. The summed E-state index contributed by atoms with van der Waals surface area (Å²) in [6.07, 6.45) is 0.378. The maximum absolute atomic E-state index is 11.8. The van der Waals surface area contributed by atoms with Crippen LogP contribution in [-0.4, -0.2) is 18.2 Å². The molecule has 1 amide bonds. The summed E-state index contributed by atoms with van der Waals surface area (Å²) in [5.74, 6) is 1.93. The van der Waals surface area contributed by atoms with E-state index in [2.05, 4.69) is 36.5 Å². The Morgan fingerprint density at radius 3 is 2.68 bits per heavy atom. The molecule has 2 aromatic rings. The van der Waals surface area contributed by atoms with Gasteiger partial charge in [0.15, 0.2) is 0 Å². The largest absolute Gasteiger partial charge is 0.355 e. The Morgan fingerprint density at radius 1 is 1.14 bits per heavy atom. The van der Waals surface area contributed by atoms with Gasteiger partial charge in [0.25, 0.3) is 0 Å². The van der Waals surface area contributed by atoms with Crippen LogP contribution in [0, 0.1) is 6.92 Å². The van der Waals surface area contributed by atoms with Gasteiger partial charge in [-0.2, -0.15) is 11.8 Å². The zero-order valence-electron chi connectivity index (χ0n) is 12.6. The summed E-state index contributed by atoms with van der Waals surface area (Å²) in [4.78, 5) is 11.8. The van der Waals surface area contributed by atoms with Crippen molar-refractivity contribution < 1.29 is 4.79 Å². The van der Waals surface area contributed by atoms with Gasteiger partial charge in [0.2, 0.25) is 5.91 Å². The minimum atomic E-state index is 0.0402. The third-order valence-corrected chi connectivity index (χ3v) is 4.44. The number of carbonyl (C=O) groups is 1. The van der Waals surface area contributed by atoms with Crippen molar-refractivity contribution in [2.45, 2.75) is 19.1 Å². The number of nitrogens with one attached hydrogen (secondary N) is 1. The van der Waals surface area contributed by atoms with Crippen molar-refractivity contribution in [2.75, 3.05) is 12.3 Å². The number of carbonyl (C=O) groups excluding carboxylic acids is 1. The monoisotopic (exact) mass is 333 g/mol. The molecule has 2 aromatic carbocycles. The van der Waals surface area contributed by atoms with Crippen molar-refractivity contribution in [1.82, 2.24) is 5.32 Å². The molecule has 0 radical (unpaired) electrons. The first-order valence-electron chi connectivity index (χ1n) is 7.28. The fourth-order valence-corrected chi connectivity index (χ4v) is 3.17. The third kappa shape index (κ3) is 6.12. The van der Waals surface area contributed by atoms with Gasteiger partial charge in [0.05, 0.1) is 6.42 Å². The van der Waals surface area contributed by atoms with Crippen LogP contribution >= 0.6 is 23.4 Å². The van der Waals surface area contributed by atoms with E-state index in [9.17, 15) is 4.79 Å². The van der Waals surface area contributed by atoms with Crippen LogP contribution in [-0.2, 0) is 17.0 Å². The van der Waals surface area contributed by atoms with Gasteiger partial charge in [-0.1, -0.05) is 53.6 Å². The number of rotatable bonds is 7. The predicted octanol–water partition coefficient (Wildman–Crippen LogP) is 4.24. The number of benzene rings is 2. The van der Waals surface area contributed by atoms with Crippen molar-refractivity contribution in [2.24, 2.45) is 0 Å². The van der Waals surface area contributed by atoms with Gasteiger partial charge in [-0.15, -0.1) is 0 Å². The minimum absolute atomic E-state index is 0.0402. The number of hydrogen-bond acceptors (Lipinski definition) is 2. The Balaban J connectivity index is 1.63. The van der Waals surface area contributed by atoms with Gasteiger partial charge in [0, 0.05) is 23.1 Å². The Kier molecular flexibility index (Phi) is 6.81. The topological polar surface area (TPSA) is 29.1 Å². The molecule has 2 nitrogen and oxygen atoms in total. The lowest BCUT2D eigenvalue weighted by Crippen LogP contribution is -2.27. The average Bonchev–Trinajstić information content (AvgIpc) is 2.47. The van der Waals surface area contributed by atoms with E-state index >= 15 is 0 Å². The normalized spacial score (nSPS) is 10.5. The highest BCUT2D eigenvalue weighted by atomic mass is 35.5. The fraction of sp³-hybridized carbons (Fsp3) is 0.278. The Bertz CT molecular complexity index is 630. The molecule has 0 spiro atoms. The second kappa shape index (κ2) is 8.86. The summed E-state index contributed by atoms with van der Waals surface area (Å²) < 4.78 is 0. The maximum atomic E-state index is 11.8. The third-order valence-electron chi connectivity index (χ3n) is 3.17. The molecule has 2 rings (SSSR count). The molecule has 116 valence electrons. The van der Waals surface area contributed by atoms with Crippen LogP contribution in [0.4, 0.5) is 0 Å². The number of thioether (sulfide) groups is 1. The van der Waals surface area contributed by atoms with Crippen molar-refractivity contribution >= 4 is 29.3 Å². The van der Waals surface area contributed by atoms with Crippen LogP contribution in [0.3, 0.4) is 0 Å². The van der Waals surface area contributed by atoms with Gasteiger partial charge in [-0.25, -0.2) is 0 Å². The maximum Gasteiger partial charge on any atom is 0.224 e. The van der Waals surface area contributed by atoms with E-state index in [0.717, 1.165) is 17.1 Å². The lowest BCUT2D eigenvalue weighted by Gasteiger charge is -2.06. The van der Waals surface area contributed by atoms with E-state index in [1.165, 1.54) is 11.1 Å². The molecule has 0 aliphatic rings. The van der Waals surface area contributed by atoms with Crippen LogP contribution < -0.4 is 5.32 Å². The summed E-state index contributed by atoms with van der Waals surface area (Å²) >= 11 is 7.74. The van der Waals surface area contributed by atoms with Crippen LogP contribution in [0.25, 0.3) is 0 Å². The molecule has 0 bridgehead atoms. The van der Waals surface area contributed by atoms with Crippen molar-refractivity contribution in [1.29, 1.82) is 0 Å². The molecule has 0 heterocycles. The molecule has 0 saturated heterocycles. The van der Waals surface area contributed by atoms with Gasteiger partial charge in [-0.05, 0) is 30.2 Å². The molecule has 0 unspecified atom stereocenters. The molecular weight excluding hydrogens is 314 g/mol. The summed E-state index contributed by atoms with van der Waals surface area (Å²) in [5.41, 5.74) is 3.56. The first-order chi connectivity index (χ1) is 10.6. The number of hydrogen-bond donors (Lipinski definition) is 1. The quantitative estimate of drug-likeness (QED) is 0.768. The van der Waals surface area contributed by atoms with E-state index in [4.69, 9.17) is 11.6 Å². The van der Waals surface area contributed by atoms with Gasteiger partial charge >= 0.3 is 0 Å². The van der Waals surface area contributed by atoms with E-state index in [0.29, 0.717) is 18.0 Å². The predicted molar refractivity (Wildman–Crippen MR) is 95.5 cm³/mol. The number of amides is 1. The molecule has 0 aliphatic heterocycles. The molecule has 22 heavy (non-hydrogen) atoms. The summed E-state index contributed by atoms with van der Waals surface area (Å²) in [6.45, 7) is 2.79. The Hall–Kier alpha value is -1.45. The van der Waals surface area contributed by atoms with E-state index in [1.54, 1.807) is 0 Å². The van der Waals surface area contributed by atoms with Gasteiger partial charge in [-0.3, -0.25) is 4.79 Å². The van der Waals surface area contributed by atoms with Crippen LogP contribution in [0.1, 0.15) is 16.7 Å². The SMILES string of the molecule is Cc1cccc(CSCCNC(=O)Cc2cccc(Cl)c2)c1. The smallest absolute Gasteiger partial charge is 0.224 e. The van der Waals surface area contributed by atoms with E-state index < -0.39 is 0 Å². The first kappa shape index (κ1) is 16.9. The zero-order chi connectivity index (χ0) is 15.8. The standard InChI is InChI=1S/C18H20ClNOS/c1-14-4-2-6-16(10-14)13-22-9-8-20-18(21)12-15-5-3-7-17(19)11-15/h2-7,10-11H,8-9,12-13H2,1H3,(H,20,21). The van der Waals surface area contributed by atoms with Crippen LogP contribution in [0.15, 0.2) is 48.5 Å². The van der Waals surface area contributed by atoms with Crippen molar-refractivity contribution in [3.05, 3.63) is 70.2 Å². The molecule has 0 aromatic heterocycles. The van der Waals surface area contributed by atoms with E-state index in [-0.39, 0.29) is 5.91 Å². The molecule has 4 heteroatoms. The summed E-state index contributed by atoms with van der Waals surface area (Å²) in [6, 6.07) is 15.9. The lowest BCUT2D eigenvalue weighted by atomic mass is 10.1. The van der Waals surface area contributed by atoms with Gasteiger partial charge < -0.3 is 5.32 Å². The summed E-state index contributed by atoms with van der Waals surface area (Å²) in [7, 11) is 0. The van der Waals surface area contributed by atoms with Crippen LogP contribution in [0.2, 0.25) is 5.02 Å². The number of aryl methyl sites for hydroxylation is 1. The summed E-state index contributed by atoms with van der Waals surface area (Å²) in [5, 5.41) is 3.61. The molecule has 1 N–H and O–H groups in total. The van der Waals surface area contributed by atoms with Crippen LogP contribution in [0.5, 0.6) is 0 Å². The van der Waals surface area contributed by atoms with Crippen molar-refractivity contribution in [3.8, 4) is 0 Å². The minimum Gasteiger partial charge on any atom is -0.355 e. The Labute approximate surface area is 141 Å². The molecule has 0 aliphatic carbocycles. The number of halogens is 1. The fourth-order valence-electron chi connectivity index (χ4n) is 2.15.